The van der Waals surface area contributed by atoms with E-state index in [9.17, 15) is 4.79 Å². The molecule has 14 heavy (non-hydrogen) atoms. The van der Waals surface area contributed by atoms with Gasteiger partial charge in [-0.2, -0.15) is 0 Å². The Morgan fingerprint density at radius 3 is 2.64 bits per heavy atom. The molecule has 1 aliphatic rings. The molecule has 0 bridgehead atoms. The fourth-order valence-corrected chi connectivity index (χ4v) is 1.75. The van der Waals surface area contributed by atoms with E-state index >= 15 is 0 Å². The first kappa shape index (κ1) is 9.15. The van der Waals surface area contributed by atoms with Crippen molar-refractivity contribution in [3.05, 3.63) is 35.9 Å². The number of carbonyl (C=O) groups is 1. The highest BCUT2D eigenvalue weighted by molar-refractivity contribution is 7.80. The fourth-order valence-electron chi connectivity index (χ4n) is 1.49. The van der Waals surface area contributed by atoms with Crippen molar-refractivity contribution in [3.63, 3.8) is 0 Å². The third-order valence-electron chi connectivity index (χ3n) is 2.15. The molecule has 2 N–H and O–H groups in total. The van der Waals surface area contributed by atoms with Crippen LogP contribution in [0.25, 0.3) is 0 Å². The summed E-state index contributed by atoms with van der Waals surface area (Å²) in [5, 5.41) is 6.04. The maximum atomic E-state index is 11.2. The van der Waals surface area contributed by atoms with Crippen molar-refractivity contribution >= 4 is 23.2 Å². The molecule has 1 amide bonds. The number of hydrogen-bond acceptors (Lipinski definition) is 2. The molecule has 0 unspecified atom stereocenters. The van der Waals surface area contributed by atoms with Crippen LogP contribution in [0.5, 0.6) is 0 Å². The SMILES string of the molecule is O=C1C[C@@H](c2ccccc2)NC(=S)N1. The summed E-state index contributed by atoms with van der Waals surface area (Å²) in [6, 6.07) is 9.83. The molecule has 1 atom stereocenters. The Hall–Kier alpha value is -1.42. The number of carbonyl (C=O) groups excluding carboxylic acids is 1. The molecule has 72 valence electrons. The van der Waals surface area contributed by atoms with Crippen LogP contribution >= 0.6 is 12.2 Å². The van der Waals surface area contributed by atoms with Gasteiger partial charge in [-0.1, -0.05) is 30.3 Å². The van der Waals surface area contributed by atoms with Crippen molar-refractivity contribution in [1.29, 1.82) is 0 Å². The van der Waals surface area contributed by atoms with Crippen LogP contribution in [0.3, 0.4) is 0 Å². The van der Waals surface area contributed by atoms with Crippen LogP contribution in [-0.4, -0.2) is 11.0 Å². The largest absolute Gasteiger partial charge is 0.355 e. The van der Waals surface area contributed by atoms with E-state index in [0.29, 0.717) is 11.5 Å². The van der Waals surface area contributed by atoms with E-state index in [1.54, 1.807) is 0 Å². The molecule has 0 aliphatic carbocycles. The molecule has 1 fully saturated rings. The molecule has 0 radical (unpaired) electrons. The Balaban J connectivity index is 2.19. The first-order valence-electron chi connectivity index (χ1n) is 4.41. The lowest BCUT2D eigenvalue weighted by Crippen LogP contribution is -2.47. The average Bonchev–Trinajstić information content (AvgIpc) is 2.18. The van der Waals surface area contributed by atoms with Gasteiger partial charge >= 0.3 is 0 Å². The second-order valence-electron chi connectivity index (χ2n) is 3.19. The van der Waals surface area contributed by atoms with Crippen molar-refractivity contribution < 1.29 is 4.79 Å². The summed E-state index contributed by atoms with van der Waals surface area (Å²) >= 11 is 4.92. The smallest absolute Gasteiger partial charge is 0.228 e. The molecule has 1 aliphatic heterocycles. The maximum absolute atomic E-state index is 11.2. The highest BCUT2D eigenvalue weighted by Gasteiger charge is 2.22. The van der Waals surface area contributed by atoms with Crippen LogP contribution in [0.2, 0.25) is 0 Å². The lowest BCUT2D eigenvalue weighted by Gasteiger charge is -2.25. The molecule has 0 aromatic heterocycles. The molecule has 4 heteroatoms. The third kappa shape index (κ3) is 1.90. The van der Waals surface area contributed by atoms with Gasteiger partial charge in [0.15, 0.2) is 5.11 Å². The van der Waals surface area contributed by atoms with E-state index in [1.807, 2.05) is 30.3 Å². The van der Waals surface area contributed by atoms with Crippen molar-refractivity contribution in [2.24, 2.45) is 0 Å². The second-order valence-corrected chi connectivity index (χ2v) is 3.60. The van der Waals surface area contributed by atoms with Gasteiger partial charge in [0.1, 0.15) is 0 Å². The van der Waals surface area contributed by atoms with Gasteiger partial charge < -0.3 is 10.6 Å². The first-order valence-corrected chi connectivity index (χ1v) is 4.82. The maximum Gasteiger partial charge on any atom is 0.228 e. The Kier molecular flexibility index (Phi) is 2.45. The summed E-state index contributed by atoms with van der Waals surface area (Å²) in [6.07, 6.45) is 0.435. The standard InChI is InChI=1S/C10H10N2OS/c13-9-6-8(11-10(14)12-9)7-4-2-1-3-5-7/h1-5,8H,6H2,(H2,11,12,13,14)/t8-/m0/s1. The Labute approximate surface area is 87.5 Å². The lowest BCUT2D eigenvalue weighted by molar-refractivity contribution is -0.120. The lowest BCUT2D eigenvalue weighted by atomic mass is 10.0. The molecule has 3 nitrogen and oxygen atoms in total. The highest BCUT2D eigenvalue weighted by atomic mass is 32.1. The van der Waals surface area contributed by atoms with Gasteiger partial charge in [-0.3, -0.25) is 4.79 Å². The van der Waals surface area contributed by atoms with Crippen LogP contribution in [-0.2, 0) is 4.79 Å². The molecule has 2 rings (SSSR count). The van der Waals surface area contributed by atoms with Gasteiger partial charge in [-0.05, 0) is 17.8 Å². The number of amides is 1. The third-order valence-corrected chi connectivity index (χ3v) is 2.37. The zero-order valence-corrected chi connectivity index (χ0v) is 8.30. The van der Waals surface area contributed by atoms with Crippen molar-refractivity contribution in [3.8, 4) is 0 Å². The zero-order chi connectivity index (χ0) is 9.97. The first-order chi connectivity index (χ1) is 6.75. The summed E-state index contributed by atoms with van der Waals surface area (Å²) in [7, 11) is 0. The van der Waals surface area contributed by atoms with Crippen LogP contribution in [0.15, 0.2) is 30.3 Å². The van der Waals surface area contributed by atoms with Gasteiger partial charge in [0.25, 0.3) is 0 Å². The molecule has 1 saturated heterocycles. The Morgan fingerprint density at radius 1 is 1.29 bits per heavy atom. The van der Waals surface area contributed by atoms with Gasteiger partial charge in [0.05, 0.1) is 12.5 Å². The summed E-state index contributed by atoms with van der Waals surface area (Å²) < 4.78 is 0. The van der Waals surface area contributed by atoms with Gasteiger partial charge in [-0.15, -0.1) is 0 Å². The average molecular weight is 206 g/mol. The van der Waals surface area contributed by atoms with E-state index in [4.69, 9.17) is 12.2 Å². The van der Waals surface area contributed by atoms with E-state index in [-0.39, 0.29) is 11.9 Å². The van der Waals surface area contributed by atoms with E-state index in [0.717, 1.165) is 5.56 Å². The van der Waals surface area contributed by atoms with Crippen molar-refractivity contribution in [2.75, 3.05) is 0 Å². The van der Waals surface area contributed by atoms with Crippen LogP contribution in [0.4, 0.5) is 0 Å². The van der Waals surface area contributed by atoms with E-state index < -0.39 is 0 Å². The normalized spacial score (nSPS) is 21.3. The van der Waals surface area contributed by atoms with E-state index in [2.05, 4.69) is 10.6 Å². The second kappa shape index (κ2) is 3.75. The van der Waals surface area contributed by atoms with Crippen molar-refractivity contribution in [2.45, 2.75) is 12.5 Å². The minimum atomic E-state index is -0.0254. The molecular weight excluding hydrogens is 196 g/mol. The molecule has 0 saturated carbocycles. The van der Waals surface area contributed by atoms with Gasteiger partial charge in [-0.25, -0.2) is 0 Å². The molecule has 1 heterocycles. The summed E-state index contributed by atoms with van der Waals surface area (Å²) in [5.74, 6) is -0.0254. The minimum absolute atomic E-state index is 0.0115. The predicted octanol–water partition coefficient (Wildman–Crippen LogP) is 1.12. The van der Waals surface area contributed by atoms with Crippen molar-refractivity contribution in [1.82, 2.24) is 10.6 Å². The highest BCUT2D eigenvalue weighted by Crippen LogP contribution is 2.18. The number of benzene rings is 1. The number of nitrogens with one attached hydrogen (secondary N) is 2. The number of hydrogen-bond donors (Lipinski definition) is 2. The molecule has 0 spiro atoms. The minimum Gasteiger partial charge on any atom is -0.355 e. The number of thiocarbonyl (C=S) groups is 1. The predicted molar refractivity (Wildman–Crippen MR) is 57.7 cm³/mol. The number of rotatable bonds is 1. The van der Waals surface area contributed by atoms with Crippen LogP contribution < -0.4 is 10.6 Å². The molecular formula is C10H10N2OS. The quantitative estimate of drug-likeness (QED) is 0.677. The van der Waals surface area contributed by atoms with Gasteiger partial charge in [0.2, 0.25) is 5.91 Å². The summed E-state index contributed by atoms with van der Waals surface area (Å²) in [5.41, 5.74) is 1.09. The molecule has 1 aromatic rings. The zero-order valence-electron chi connectivity index (χ0n) is 7.49. The van der Waals surface area contributed by atoms with Gasteiger partial charge in [0, 0.05) is 0 Å². The van der Waals surface area contributed by atoms with E-state index in [1.165, 1.54) is 0 Å². The Bertz CT molecular complexity index is 348. The topological polar surface area (TPSA) is 41.1 Å². The Morgan fingerprint density at radius 2 is 2.00 bits per heavy atom. The summed E-state index contributed by atoms with van der Waals surface area (Å²) in [4.78, 5) is 11.2. The monoisotopic (exact) mass is 206 g/mol. The fraction of sp³-hybridized carbons (Fsp3) is 0.200. The van der Waals surface area contributed by atoms with Crippen LogP contribution in [0.1, 0.15) is 18.0 Å². The molecule has 1 aromatic carbocycles. The van der Waals surface area contributed by atoms with Crippen LogP contribution in [0, 0.1) is 0 Å². The summed E-state index contributed by atoms with van der Waals surface area (Å²) in [6.45, 7) is 0.